The highest BCUT2D eigenvalue weighted by Crippen LogP contribution is 2.30. The molecule has 0 atom stereocenters. The van der Waals surface area contributed by atoms with Gasteiger partial charge in [-0.05, 0) is 35.4 Å². The van der Waals surface area contributed by atoms with Crippen LogP contribution < -0.4 is 11.1 Å². The fourth-order valence-corrected chi connectivity index (χ4v) is 1.90. The molecule has 98 valence electrons. The van der Waals surface area contributed by atoms with Gasteiger partial charge in [0.05, 0.1) is 15.7 Å². The Morgan fingerprint density at radius 1 is 1.05 bits per heavy atom. The summed E-state index contributed by atoms with van der Waals surface area (Å²) in [5.41, 5.74) is 6.29. The molecular weight excluding hydrogens is 290 g/mol. The summed E-state index contributed by atoms with van der Waals surface area (Å²) in [4.78, 5) is 10.7. The number of primary amides is 1. The fourth-order valence-electron chi connectivity index (χ4n) is 1.60. The van der Waals surface area contributed by atoms with Crippen LogP contribution in [0.3, 0.4) is 0 Å². The first-order valence-electron chi connectivity index (χ1n) is 5.29. The molecule has 2 aromatic rings. The number of nitrogens with one attached hydrogen (secondary N) is 1. The van der Waals surface area contributed by atoms with Crippen molar-refractivity contribution in [2.45, 2.75) is 0 Å². The van der Waals surface area contributed by atoms with Crippen molar-refractivity contribution in [1.82, 2.24) is 0 Å². The lowest BCUT2D eigenvalue weighted by Gasteiger charge is -2.07. The molecule has 0 fully saturated rings. The molecule has 0 aliphatic carbocycles. The van der Waals surface area contributed by atoms with Gasteiger partial charge in [-0.1, -0.05) is 35.3 Å². The van der Waals surface area contributed by atoms with Crippen LogP contribution in [-0.4, -0.2) is 6.03 Å². The van der Waals surface area contributed by atoms with Gasteiger partial charge < -0.3 is 11.1 Å². The number of urea groups is 1. The molecule has 0 unspecified atom stereocenters. The number of carbonyl (C=O) groups excluding carboxylic acids is 1. The van der Waals surface area contributed by atoms with Crippen LogP contribution in [0.25, 0.3) is 11.1 Å². The zero-order valence-corrected chi connectivity index (χ0v) is 11.1. The Hall–Kier alpha value is -1.78. The Morgan fingerprint density at radius 3 is 2.26 bits per heavy atom. The van der Waals surface area contributed by atoms with Crippen molar-refractivity contribution in [3.05, 3.63) is 52.3 Å². The highest BCUT2D eigenvalue weighted by Gasteiger charge is 2.08. The van der Waals surface area contributed by atoms with E-state index in [0.29, 0.717) is 15.6 Å². The molecule has 3 nitrogen and oxygen atoms in total. The summed E-state index contributed by atoms with van der Waals surface area (Å²) in [6.07, 6.45) is 0. The van der Waals surface area contributed by atoms with E-state index in [1.165, 1.54) is 12.1 Å². The minimum atomic E-state index is -0.818. The summed E-state index contributed by atoms with van der Waals surface area (Å²) < 4.78 is 13.7. The largest absolute Gasteiger partial charge is 0.351 e. The van der Waals surface area contributed by atoms with Gasteiger partial charge >= 0.3 is 6.03 Å². The predicted octanol–water partition coefficient (Wildman–Crippen LogP) is 4.29. The minimum Gasteiger partial charge on any atom is -0.351 e. The van der Waals surface area contributed by atoms with Crippen LogP contribution in [-0.2, 0) is 0 Å². The second-order valence-electron chi connectivity index (χ2n) is 3.81. The van der Waals surface area contributed by atoms with Gasteiger partial charge in [-0.15, -0.1) is 0 Å². The molecule has 0 aromatic heterocycles. The zero-order valence-electron chi connectivity index (χ0n) is 9.58. The second kappa shape index (κ2) is 5.47. The maximum atomic E-state index is 13.7. The predicted molar refractivity (Wildman–Crippen MR) is 75.1 cm³/mol. The van der Waals surface area contributed by atoms with Crippen molar-refractivity contribution in [2.75, 3.05) is 5.32 Å². The van der Waals surface area contributed by atoms with Gasteiger partial charge in [0.2, 0.25) is 0 Å². The van der Waals surface area contributed by atoms with Crippen LogP contribution in [0.5, 0.6) is 0 Å². The summed E-state index contributed by atoms with van der Waals surface area (Å²) >= 11 is 11.7. The van der Waals surface area contributed by atoms with E-state index in [9.17, 15) is 9.18 Å². The molecule has 0 radical (unpaired) electrons. The van der Waals surface area contributed by atoms with Crippen molar-refractivity contribution < 1.29 is 9.18 Å². The zero-order chi connectivity index (χ0) is 14.0. The first-order chi connectivity index (χ1) is 8.97. The van der Waals surface area contributed by atoms with E-state index in [1.807, 2.05) is 0 Å². The highest BCUT2D eigenvalue weighted by atomic mass is 35.5. The first-order valence-corrected chi connectivity index (χ1v) is 6.04. The number of hydrogen-bond donors (Lipinski definition) is 2. The molecule has 3 N–H and O–H groups in total. The number of halogens is 3. The summed E-state index contributed by atoms with van der Waals surface area (Å²) in [6, 6.07) is 8.54. The third-order valence-electron chi connectivity index (χ3n) is 2.48. The molecule has 0 saturated carbocycles. The van der Waals surface area contributed by atoms with Gasteiger partial charge in [0.1, 0.15) is 5.82 Å². The summed E-state index contributed by atoms with van der Waals surface area (Å²) in [5, 5.41) is 3.01. The summed E-state index contributed by atoms with van der Waals surface area (Å²) in [5.74, 6) is -0.581. The van der Waals surface area contributed by atoms with E-state index in [0.717, 1.165) is 5.56 Å². The molecule has 2 aromatic carbocycles. The Morgan fingerprint density at radius 2 is 1.68 bits per heavy atom. The maximum Gasteiger partial charge on any atom is 0.316 e. The van der Waals surface area contributed by atoms with E-state index >= 15 is 0 Å². The molecule has 0 saturated heterocycles. The van der Waals surface area contributed by atoms with Crippen molar-refractivity contribution >= 4 is 34.9 Å². The lowest BCUT2D eigenvalue weighted by molar-refractivity contribution is 0.259. The molecule has 0 aliphatic rings. The number of benzene rings is 2. The van der Waals surface area contributed by atoms with Crippen molar-refractivity contribution in [3.8, 4) is 11.1 Å². The number of anilines is 1. The molecule has 0 spiro atoms. The lowest BCUT2D eigenvalue weighted by atomic mass is 10.1. The third-order valence-corrected chi connectivity index (χ3v) is 3.22. The van der Waals surface area contributed by atoms with E-state index in [-0.39, 0.29) is 5.69 Å². The molecule has 19 heavy (non-hydrogen) atoms. The number of rotatable bonds is 2. The molecule has 0 bridgehead atoms. The molecule has 0 heterocycles. The Balaban J connectivity index is 2.38. The Bertz CT molecular complexity index is 647. The van der Waals surface area contributed by atoms with Gasteiger partial charge in [-0.3, -0.25) is 0 Å². The van der Waals surface area contributed by atoms with Gasteiger partial charge in [-0.25, -0.2) is 9.18 Å². The summed E-state index contributed by atoms with van der Waals surface area (Å²) in [7, 11) is 0. The fraction of sp³-hybridized carbons (Fsp3) is 0. The van der Waals surface area contributed by atoms with Gasteiger partial charge in [-0.2, -0.15) is 0 Å². The lowest BCUT2D eigenvalue weighted by Crippen LogP contribution is -2.19. The topological polar surface area (TPSA) is 55.1 Å². The molecule has 0 aliphatic heterocycles. The van der Waals surface area contributed by atoms with Crippen LogP contribution >= 0.6 is 23.2 Å². The molecule has 2 amide bonds. The van der Waals surface area contributed by atoms with Crippen LogP contribution in [0.2, 0.25) is 10.0 Å². The van der Waals surface area contributed by atoms with Crippen LogP contribution in [0, 0.1) is 5.82 Å². The second-order valence-corrected chi connectivity index (χ2v) is 4.63. The van der Waals surface area contributed by atoms with Gasteiger partial charge in [0.25, 0.3) is 0 Å². The van der Waals surface area contributed by atoms with Crippen molar-refractivity contribution in [3.63, 3.8) is 0 Å². The van der Waals surface area contributed by atoms with E-state index in [2.05, 4.69) is 5.32 Å². The van der Waals surface area contributed by atoms with Crippen LogP contribution in [0.4, 0.5) is 14.9 Å². The molecular formula is C13H9Cl2FN2O. The van der Waals surface area contributed by atoms with Gasteiger partial charge in [0, 0.05) is 0 Å². The quantitative estimate of drug-likeness (QED) is 0.854. The average Bonchev–Trinajstić information content (AvgIpc) is 2.35. The van der Waals surface area contributed by atoms with E-state index in [1.54, 1.807) is 24.3 Å². The van der Waals surface area contributed by atoms with Gasteiger partial charge in [0.15, 0.2) is 0 Å². The number of hydrogen-bond acceptors (Lipinski definition) is 1. The number of carbonyl (C=O) groups is 1. The van der Waals surface area contributed by atoms with Crippen molar-refractivity contribution in [1.29, 1.82) is 0 Å². The SMILES string of the molecule is NC(=O)Nc1ccc(-c2ccc(Cl)c(Cl)c2)cc1F. The number of nitrogens with two attached hydrogens (primary N) is 1. The smallest absolute Gasteiger partial charge is 0.316 e. The monoisotopic (exact) mass is 298 g/mol. The normalized spacial score (nSPS) is 10.3. The summed E-state index contributed by atoms with van der Waals surface area (Å²) in [6.45, 7) is 0. The van der Waals surface area contributed by atoms with Crippen LogP contribution in [0.15, 0.2) is 36.4 Å². The first kappa shape index (κ1) is 13.6. The maximum absolute atomic E-state index is 13.7. The third kappa shape index (κ3) is 3.16. The average molecular weight is 299 g/mol. The highest BCUT2D eigenvalue weighted by molar-refractivity contribution is 6.42. The molecule has 2 rings (SSSR count). The van der Waals surface area contributed by atoms with Crippen molar-refractivity contribution in [2.24, 2.45) is 5.73 Å². The Kier molecular flexibility index (Phi) is 3.93. The minimum absolute atomic E-state index is 0.0244. The van der Waals surface area contributed by atoms with E-state index < -0.39 is 11.8 Å². The molecule has 6 heteroatoms. The van der Waals surface area contributed by atoms with Crippen LogP contribution in [0.1, 0.15) is 0 Å². The number of amides is 2. The Labute approximate surface area is 119 Å². The van der Waals surface area contributed by atoms with E-state index in [4.69, 9.17) is 28.9 Å². The standard InChI is InChI=1S/C13H9Cl2FN2O/c14-9-3-1-7(5-10(9)15)8-2-4-12(11(16)6-8)18-13(17)19/h1-6H,(H3,17,18,19).